The lowest BCUT2D eigenvalue weighted by molar-refractivity contribution is -0.113. The van der Waals surface area contributed by atoms with E-state index in [0.29, 0.717) is 34.7 Å². The molecule has 6 nitrogen and oxygen atoms in total. The highest BCUT2D eigenvalue weighted by Gasteiger charge is 2.15. The van der Waals surface area contributed by atoms with Gasteiger partial charge in [0.1, 0.15) is 18.1 Å². The number of carbonyl (C=O) groups is 3. The molecular weight excluding hydrogens is 556 g/mol. The van der Waals surface area contributed by atoms with Gasteiger partial charge in [-0.05, 0) is 94.2 Å². The summed E-state index contributed by atoms with van der Waals surface area (Å²) in [7, 11) is 0. The molecule has 0 bridgehead atoms. The van der Waals surface area contributed by atoms with Crippen LogP contribution in [0.3, 0.4) is 0 Å². The lowest BCUT2D eigenvalue weighted by Gasteiger charge is -2.12. The van der Waals surface area contributed by atoms with Gasteiger partial charge in [0.15, 0.2) is 5.78 Å². The number of ketones is 1. The van der Waals surface area contributed by atoms with Gasteiger partial charge in [-0.2, -0.15) is 11.3 Å². The molecule has 0 radical (unpaired) electrons. The number of carbonyl (C=O) groups excluding carboxylic acids is 3. The highest BCUT2D eigenvalue weighted by molar-refractivity contribution is 7.08. The van der Waals surface area contributed by atoms with E-state index in [0.717, 1.165) is 11.1 Å². The van der Waals surface area contributed by atoms with Gasteiger partial charge in [0.25, 0.3) is 11.8 Å². The maximum absolute atomic E-state index is 13.4. The fraction of sp³-hybridized carbons (Fsp3) is 0.0278. The zero-order valence-electron chi connectivity index (χ0n) is 23.1. The third kappa shape index (κ3) is 8.48. The van der Waals surface area contributed by atoms with Crippen molar-refractivity contribution in [3.05, 3.63) is 166 Å². The van der Waals surface area contributed by atoms with Crippen LogP contribution < -0.4 is 15.4 Å². The highest BCUT2D eigenvalue weighted by Crippen LogP contribution is 2.18. The number of nitrogens with one attached hydrogen (secondary N) is 2. The number of rotatable bonds is 11. The molecule has 0 fully saturated rings. The van der Waals surface area contributed by atoms with Gasteiger partial charge in [-0.1, -0.05) is 66.7 Å². The van der Waals surface area contributed by atoms with Crippen LogP contribution in [0.4, 0.5) is 5.69 Å². The van der Waals surface area contributed by atoms with Crippen LogP contribution in [0.25, 0.3) is 12.2 Å². The Hall–Kier alpha value is -5.53. The van der Waals surface area contributed by atoms with Gasteiger partial charge in [-0.3, -0.25) is 14.4 Å². The molecule has 0 saturated heterocycles. The molecular formula is C36H28N2O4S. The number of ether oxygens (including phenoxy) is 1. The van der Waals surface area contributed by atoms with Gasteiger partial charge in [0.05, 0.1) is 0 Å². The van der Waals surface area contributed by atoms with Gasteiger partial charge in [0, 0.05) is 16.8 Å². The summed E-state index contributed by atoms with van der Waals surface area (Å²) >= 11 is 1.56. The second kappa shape index (κ2) is 14.4. The fourth-order valence-electron chi connectivity index (χ4n) is 4.06. The standard InChI is InChI=1S/C36H28N2O4S/c39-34(20-13-28-21-22-43-25-28)29-14-16-31(17-15-29)37-36(41)33(38-35(40)30-9-5-2-6-10-30)23-26-11-18-32(19-12-26)42-24-27-7-3-1-4-8-27/h1-23,25H,24H2,(H,37,41)(H,38,40)/b20-13+,33-23-. The number of hydrogen-bond acceptors (Lipinski definition) is 5. The molecule has 1 heterocycles. The van der Waals surface area contributed by atoms with E-state index in [1.54, 1.807) is 72.0 Å². The second-order valence-electron chi connectivity index (χ2n) is 9.51. The molecule has 0 aliphatic heterocycles. The van der Waals surface area contributed by atoms with Gasteiger partial charge in [-0.25, -0.2) is 0 Å². The Kier molecular flexibility index (Phi) is 9.70. The zero-order valence-corrected chi connectivity index (χ0v) is 23.9. The van der Waals surface area contributed by atoms with Crippen molar-refractivity contribution in [2.24, 2.45) is 0 Å². The van der Waals surface area contributed by atoms with Crippen LogP contribution in [0.1, 0.15) is 37.4 Å². The van der Waals surface area contributed by atoms with Crippen LogP contribution in [-0.4, -0.2) is 17.6 Å². The van der Waals surface area contributed by atoms with Crippen molar-refractivity contribution in [3.8, 4) is 5.75 Å². The minimum Gasteiger partial charge on any atom is -0.489 e. The van der Waals surface area contributed by atoms with Gasteiger partial charge < -0.3 is 15.4 Å². The molecule has 4 aromatic carbocycles. The minimum atomic E-state index is -0.509. The Labute approximate surface area is 254 Å². The Morgan fingerprint density at radius 3 is 2.09 bits per heavy atom. The zero-order chi connectivity index (χ0) is 29.9. The number of thiophene rings is 1. The predicted molar refractivity (Wildman–Crippen MR) is 172 cm³/mol. The van der Waals surface area contributed by atoms with Crippen molar-refractivity contribution in [1.82, 2.24) is 5.32 Å². The molecule has 5 aromatic rings. The van der Waals surface area contributed by atoms with Crippen LogP contribution in [0, 0.1) is 0 Å². The van der Waals surface area contributed by atoms with Crippen molar-refractivity contribution in [2.45, 2.75) is 6.61 Å². The first kappa shape index (κ1) is 29.0. The third-order valence-corrected chi connectivity index (χ3v) is 7.07. The summed E-state index contributed by atoms with van der Waals surface area (Å²) in [5.74, 6) is -0.385. The van der Waals surface area contributed by atoms with E-state index in [2.05, 4.69) is 10.6 Å². The van der Waals surface area contributed by atoms with E-state index < -0.39 is 11.8 Å². The topological polar surface area (TPSA) is 84.5 Å². The molecule has 0 aliphatic rings. The van der Waals surface area contributed by atoms with E-state index in [1.165, 1.54) is 6.08 Å². The van der Waals surface area contributed by atoms with Crippen LogP contribution in [-0.2, 0) is 11.4 Å². The number of anilines is 1. The molecule has 0 atom stereocenters. The maximum atomic E-state index is 13.4. The molecule has 0 spiro atoms. The Balaban J connectivity index is 1.29. The van der Waals surface area contributed by atoms with Gasteiger partial charge in [0.2, 0.25) is 0 Å². The van der Waals surface area contributed by atoms with Crippen LogP contribution in [0.15, 0.2) is 138 Å². The van der Waals surface area contributed by atoms with E-state index >= 15 is 0 Å². The van der Waals surface area contributed by atoms with E-state index in [4.69, 9.17) is 4.74 Å². The number of amides is 2. The summed E-state index contributed by atoms with van der Waals surface area (Å²) in [6, 6.07) is 34.3. The first-order valence-electron chi connectivity index (χ1n) is 13.5. The van der Waals surface area contributed by atoms with Gasteiger partial charge in [-0.15, -0.1) is 0 Å². The van der Waals surface area contributed by atoms with Crippen LogP contribution in [0.5, 0.6) is 5.75 Å². The fourth-order valence-corrected chi connectivity index (χ4v) is 4.69. The lowest BCUT2D eigenvalue weighted by Crippen LogP contribution is -2.30. The van der Waals surface area contributed by atoms with E-state index in [-0.39, 0.29) is 11.5 Å². The summed E-state index contributed by atoms with van der Waals surface area (Å²) in [5, 5.41) is 9.46. The Bertz CT molecular complexity index is 1730. The Morgan fingerprint density at radius 2 is 1.42 bits per heavy atom. The monoisotopic (exact) mass is 584 g/mol. The number of allylic oxidation sites excluding steroid dienone is 1. The average molecular weight is 585 g/mol. The predicted octanol–water partition coefficient (Wildman–Crippen LogP) is 7.63. The van der Waals surface area contributed by atoms with Crippen molar-refractivity contribution in [1.29, 1.82) is 0 Å². The molecule has 1 aromatic heterocycles. The Morgan fingerprint density at radius 1 is 0.721 bits per heavy atom. The minimum absolute atomic E-state index is 0.0608. The SMILES string of the molecule is O=C(Nc1ccc(C(=O)/C=C/c2ccsc2)cc1)/C(=C/c1ccc(OCc2ccccc2)cc1)NC(=O)c1ccccc1. The van der Waals surface area contributed by atoms with Crippen molar-refractivity contribution >= 4 is 46.8 Å². The molecule has 2 amide bonds. The quantitative estimate of drug-likeness (QED) is 0.123. The summed E-state index contributed by atoms with van der Waals surface area (Å²) in [6.45, 7) is 0.437. The van der Waals surface area contributed by atoms with Crippen molar-refractivity contribution in [3.63, 3.8) is 0 Å². The molecule has 0 unspecified atom stereocenters. The maximum Gasteiger partial charge on any atom is 0.272 e. The smallest absolute Gasteiger partial charge is 0.272 e. The first-order valence-corrected chi connectivity index (χ1v) is 14.5. The first-order chi connectivity index (χ1) is 21.0. The molecule has 212 valence electrons. The third-order valence-electron chi connectivity index (χ3n) is 6.37. The normalized spacial score (nSPS) is 11.2. The second-order valence-corrected chi connectivity index (χ2v) is 10.3. The van der Waals surface area contributed by atoms with E-state index in [9.17, 15) is 14.4 Å². The molecule has 0 saturated carbocycles. The number of benzene rings is 4. The van der Waals surface area contributed by atoms with Crippen LogP contribution >= 0.6 is 11.3 Å². The van der Waals surface area contributed by atoms with E-state index in [1.807, 2.05) is 77.5 Å². The molecule has 0 aliphatic carbocycles. The van der Waals surface area contributed by atoms with Crippen molar-refractivity contribution in [2.75, 3.05) is 5.32 Å². The molecule has 2 N–H and O–H groups in total. The summed E-state index contributed by atoms with van der Waals surface area (Å²) in [6.07, 6.45) is 4.89. The summed E-state index contributed by atoms with van der Waals surface area (Å²) < 4.78 is 5.86. The van der Waals surface area contributed by atoms with Crippen molar-refractivity contribution < 1.29 is 19.1 Å². The summed E-state index contributed by atoms with van der Waals surface area (Å²) in [4.78, 5) is 38.9. The summed E-state index contributed by atoms with van der Waals surface area (Å²) in [5.41, 5.74) is 4.17. The molecule has 5 rings (SSSR count). The molecule has 43 heavy (non-hydrogen) atoms. The number of hydrogen-bond donors (Lipinski definition) is 2. The highest BCUT2D eigenvalue weighted by atomic mass is 32.1. The van der Waals surface area contributed by atoms with Crippen LogP contribution in [0.2, 0.25) is 0 Å². The van der Waals surface area contributed by atoms with Gasteiger partial charge >= 0.3 is 0 Å². The largest absolute Gasteiger partial charge is 0.489 e. The average Bonchev–Trinajstić information content (AvgIpc) is 3.58. The molecule has 7 heteroatoms. The lowest BCUT2D eigenvalue weighted by atomic mass is 10.1.